The van der Waals surface area contributed by atoms with Crippen LogP contribution in [0.4, 0.5) is 0 Å². The van der Waals surface area contributed by atoms with Gasteiger partial charge in [-0.2, -0.15) is 0 Å². The quantitative estimate of drug-likeness (QED) is 0.0326. The number of rotatable bonds is 60. The van der Waals surface area contributed by atoms with Gasteiger partial charge < -0.3 is 29.7 Å². The van der Waals surface area contributed by atoms with Gasteiger partial charge in [-0.25, -0.2) is 0 Å². The van der Waals surface area contributed by atoms with Crippen molar-refractivity contribution in [1.29, 1.82) is 0 Å². The van der Waals surface area contributed by atoms with E-state index in [1.807, 2.05) is 0 Å². The van der Waals surface area contributed by atoms with Gasteiger partial charge in [0.2, 0.25) is 0 Å². The van der Waals surface area contributed by atoms with Crippen LogP contribution >= 0.6 is 0 Å². The fraction of sp³-hybridized carbons (Fsp3) is 0.909. The molecule has 0 aliphatic rings. The zero-order valence-electron chi connectivity index (χ0n) is 50.6. The number of hydrogen-bond donors (Lipinski definition) is 0. The van der Waals surface area contributed by atoms with Crippen molar-refractivity contribution in [2.45, 2.75) is 387 Å². The third-order valence-corrected chi connectivity index (χ3v) is 14.7. The summed E-state index contributed by atoms with van der Waals surface area (Å²) in [6.07, 6.45) is 66.9. The van der Waals surface area contributed by atoms with Crippen molar-refractivity contribution in [2.24, 2.45) is 0 Å². The Kier molecular flexibility index (Phi) is 75.1. The molecule has 0 heterocycles. The molecule has 0 aromatic carbocycles. The van der Waals surface area contributed by atoms with Crippen molar-refractivity contribution in [3.63, 3.8) is 0 Å². The fourth-order valence-electron chi connectivity index (χ4n) is 9.89. The molecule has 0 rings (SSSR count). The average Bonchev–Trinajstić information content (AvgIpc) is 3.36. The molecule has 0 amide bonds. The van der Waals surface area contributed by atoms with Crippen LogP contribution in [0.15, 0.2) is 0 Å². The number of ketones is 3. The topological polar surface area (TPSA) is 172 Å². The van der Waals surface area contributed by atoms with E-state index in [4.69, 9.17) is 0 Å². The second-order valence-corrected chi connectivity index (χ2v) is 22.5. The van der Waals surface area contributed by atoms with E-state index in [0.717, 1.165) is 57.8 Å². The van der Waals surface area contributed by atoms with Crippen molar-refractivity contribution in [3.05, 3.63) is 0 Å². The first-order valence-electron chi connectivity index (χ1n) is 32.6. The molecule has 444 valence electrons. The maximum absolute atomic E-state index is 11.2. The summed E-state index contributed by atoms with van der Waals surface area (Å²) in [5, 5.41) is 30.8. The number of carboxylic acids is 3. The summed E-state index contributed by atoms with van der Waals surface area (Å²) in [6.45, 7) is 6.81. The number of carbonyl (C=O) groups excluding carboxylic acids is 6. The van der Waals surface area contributed by atoms with Crippen LogP contribution in [-0.2, 0) is 28.8 Å². The van der Waals surface area contributed by atoms with Crippen LogP contribution in [0.25, 0.3) is 0 Å². The summed E-state index contributed by atoms with van der Waals surface area (Å²) < 4.78 is 0. The van der Waals surface area contributed by atoms with Gasteiger partial charge in [0, 0.05) is 56.4 Å². The molecule has 0 saturated carbocycles. The van der Waals surface area contributed by atoms with Crippen LogP contribution in [0.5, 0.6) is 0 Å². The number of carbonyl (C=O) groups is 6. The third-order valence-electron chi connectivity index (χ3n) is 14.7. The summed E-state index contributed by atoms with van der Waals surface area (Å²) in [5.41, 5.74) is 0. The van der Waals surface area contributed by atoms with E-state index in [0.29, 0.717) is 19.3 Å². The first-order chi connectivity index (χ1) is 36.5. The zero-order valence-corrected chi connectivity index (χ0v) is 51.7. The number of unbranched alkanes of at least 4 members (excludes halogenated alkanes) is 48. The Morgan fingerprint density at radius 1 is 0.197 bits per heavy atom. The van der Waals surface area contributed by atoms with Crippen molar-refractivity contribution >= 4 is 52.6 Å². The monoisotopic (exact) mass is 1090 g/mol. The Labute approximate surface area is 481 Å². The number of Topliss-reactive ketones (excluding diaryl/α,β-unsaturated/α-hetero) is 3. The van der Waals surface area contributed by atoms with Crippen LogP contribution < -0.4 is 15.3 Å². The Morgan fingerprint density at radius 3 is 0.408 bits per heavy atom. The molecule has 0 unspecified atom stereocenters. The molecule has 0 fully saturated rings. The molecule has 0 spiro atoms. The van der Waals surface area contributed by atoms with Gasteiger partial charge in [-0.1, -0.05) is 329 Å². The summed E-state index contributed by atoms with van der Waals surface area (Å²) in [6, 6.07) is 0. The molecule has 0 saturated heterocycles. The second-order valence-electron chi connectivity index (χ2n) is 22.5. The van der Waals surface area contributed by atoms with Crippen molar-refractivity contribution in [2.75, 3.05) is 0 Å². The summed E-state index contributed by atoms with van der Waals surface area (Å²) in [7, 11) is 0. The van der Waals surface area contributed by atoms with Gasteiger partial charge >= 0.3 is 17.4 Å². The first-order valence-corrected chi connectivity index (χ1v) is 32.6. The maximum Gasteiger partial charge on any atom is 3.00 e. The number of hydrogen-bond acceptors (Lipinski definition) is 9. The standard InChI is InChI=1S/3C22H42O3.Al/c3*1-2-3-4-5-6-7-8-9-10-11-12-13-14-15-16-17-18-19-21(23)20-22(24)25;/h3*2-20H2,1H3,(H,24,25);/q;;;+3/p-3. The molecule has 0 aliphatic heterocycles. The van der Waals surface area contributed by atoms with Crippen molar-refractivity contribution in [1.82, 2.24) is 0 Å². The number of aliphatic carboxylic acids is 3. The maximum atomic E-state index is 11.2. The van der Waals surface area contributed by atoms with E-state index in [1.165, 1.54) is 270 Å². The van der Waals surface area contributed by atoms with Crippen LogP contribution in [0.2, 0.25) is 0 Å². The number of carboxylic acid groups (broad SMARTS) is 3. The molecule has 0 atom stereocenters. The van der Waals surface area contributed by atoms with Gasteiger partial charge in [0.05, 0.1) is 0 Å². The molecular formula is C66H123AlO9. The molecule has 0 radical (unpaired) electrons. The van der Waals surface area contributed by atoms with Crippen LogP contribution in [0, 0.1) is 0 Å². The van der Waals surface area contributed by atoms with Crippen LogP contribution in [0.1, 0.15) is 387 Å². The minimum Gasteiger partial charge on any atom is -0.550 e. The van der Waals surface area contributed by atoms with E-state index < -0.39 is 37.2 Å². The summed E-state index contributed by atoms with van der Waals surface area (Å²) in [5.74, 6) is -4.34. The van der Waals surface area contributed by atoms with Crippen molar-refractivity contribution < 1.29 is 44.1 Å². The first kappa shape index (κ1) is 80.4. The third kappa shape index (κ3) is 80.8. The summed E-state index contributed by atoms with van der Waals surface area (Å²) in [4.78, 5) is 64.4. The molecule has 9 nitrogen and oxygen atoms in total. The van der Waals surface area contributed by atoms with Gasteiger partial charge in [-0.05, 0) is 19.3 Å². The predicted molar refractivity (Wildman–Crippen MR) is 316 cm³/mol. The Balaban J connectivity index is -0.000000508. The van der Waals surface area contributed by atoms with E-state index in [-0.39, 0.29) is 34.7 Å². The van der Waals surface area contributed by atoms with E-state index in [2.05, 4.69) is 20.8 Å². The van der Waals surface area contributed by atoms with Crippen LogP contribution in [0.3, 0.4) is 0 Å². The Hall–Kier alpha value is -2.05. The predicted octanol–water partition coefficient (Wildman–Crippen LogP) is 16.8. The molecule has 10 heteroatoms. The van der Waals surface area contributed by atoms with E-state index >= 15 is 0 Å². The fourth-order valence-corrected chi connectivity index (χ4v) is 9.89. The molecule has 0 aliphatic carbocycles. The van der Waals surface area contributed by atoms with Gasteiger partial charge in [0.1, 0.15) is 17.3 Å². The zero-order chi connectivity index (χ0) is 55.8. The molecular weight excluding hydrogens is 964 g/mol. The smallest absolute Gasteiger partial charge is 0.550 e. The van der Waals surface area contributed by atoms with Gasteiger partial charge in [0.15, 0.2) is 0 Å². The van der Waals surface area contributed by atoms with Crippen LogP contribution in [-0.4, -0.2) is 52.6 Å². The molecule has 0 bridgehead atoms. The normalized spacial score (nSPS) is 10.8. The van der Waals surface area contributed by atoms with E-state index in [9.17, 15) is 44.1 Å². The summed E-state index contributed by atoms with van der Waals surface area (Å²) >= 11 is 0. The minimum atomic E-state index is -1.25. The van der Waals surface area contributed by atoms with Gasteiger partial charge in [-0.3, -0.25) is 14.4 Å². The SMILES string of the molecule is CCCCCCCCCCCCCCCCCCCC(=O)CC(=O)[O-].CCCCCCCCCCCCCCCCCCCC(=O)CC(=O)[O-].CCCCCCCCCCCCCCCCCCCC(=O)CC(=O)[O-].[Al+3]. The molecule has 76 heavy (non-hydrogen) atoms. The van der Waals surface area contributed by atoms with Gasteiger partial charge in [-0.15, -0.1) is 0 Å². The largest absolute Gasteiger partial charge is 3.00 e. The molecule has 0 aromatic rings. The molecule has 0 N–H and O–H groups in total. The van der Waals surface area contributed by atoms with Crippen molar-refractivity contribution in [3.8, 4) is 0 Å². The van der Waals surface area contributed by atoms with Gasteiger partial charge in [0.25, 0.3) is 0 Å². The second kappa shape index (κ2) is 71.0. The Bertz CT molecular complexity index is 1090. The Morgan fingerprint density at radius 2 is 0.303 bits per heavy atom. The average molecular weight is 1090 g/mol. The molecule has 0 aromatic heterocycles. The van der Waals surface area contributed by atoms with E-state index in [1.54, 1.807) is 0 Å². The minimum absolute atomic E-state index is 0.